The molecule has 1 atom stereocenters. The topological polar surface area (TPSA) is 56.8 Å². The number of carbonyl (C=O) groups excluding carboxylic acids is 1. The Morgan fingerprint density at radius 1 is 1.35 bits per heavy atom. The minimum atomic E-state index is -0.250. The van der Waals surface area contributed by atoms with Crippen LogP contribution in [0, 0.1) is 11.3 Å². The third kappa shape index (κ3) is 6.20. The summed E-state index contributed by atoms with van der Waals surface area (Å²) < 4.78 is 16.1. The lowest BCUT2D eigenvalue weighted by atomic mass is 9.95. The van der Waals surface area contributed by atoms with Gasteiger partial charge in [0.1, 0.15) is 6.04 Å². The predicted octanol–water partition coefficient (Wildman–Crippen LogP) is 1.95. The SMILES string of the molecule is COC(=O)C(CC(C)C)NCCC1OCC(C)(C)CO1. The molecule has 0 aliphatic carbocycles. The molecule has 0 amide bonds. The number of carbonyl (C=O) groups is 1. The van der Waals surface area contributed by atoms with Crippen molar-refractivity contribution >= 4 is 5.97 Å². The van der Waals surface area contributed by atoms with Crippen LogP contribution >= 0.6 is 0 Å². The van der Waals surface area contributed by atoms with Crippen LogP contribution in [0.3, 0.4) is 0 Å². The highest BCUT2D eigenvalue weighted by atomic mass is 16.7. The molecule has 5 heteroatoms. The van der Waals surface area contributed by atoms with Gasteiger partial charge in [-0.25, -0.2) is 0 Å². The van der Waals surface area contributed by atoms with Crippen molar-refractivity contribution in [2.75, 3.05) is 26.9 Å². The molecule has 0 radical (unpaired) electrons. The van der Waals surface area contributed by atoms with Gasteiger partial charge in [-0.05, 0) is 12.3 Å². The van der Waals surface area contributed by atoms with Crippen LogP contribution in [-0.2, 0) is 19.0 Å². The molecule has 0 aromatic carbocycles. The summed E-state index contributed by atoms with van der Waals surface area (Å²) in [7, 11) is 1.42. The average Bonchev–Trinajstić information content (AvgIpc) is 2.38. The number of rotatable bonds is 7. The van der Waals surface area contributed by atoms with Gasteiger partial charge in [-0.3, -0.25) is 4.79 Å². The zero-order valence-electron chi connectivity index (χ0n) is 13.4. The maximum Gasteiger partial charge on any atom is 0.322 e. The first kappa shape index (κ1) is 17.4. The lowest BCUT2D eigenvalue weighted by Gasteiger charge is -2.34. The van der Waals surface area contributed by atoms with E-state index in [0.717, 1.165) is 12.8 Å². The Labute approximate surface area is 122 Å². The third-order valence-corrected chi connectivity index (χ3v) is 3.28. The van der Waals surface area contributed by atoms with E-state index in [9.17, 15) is 4.79 Å². The van der Waals surface area contributed by atoms with Crippen molar-refractivity contribution in [3.63, 3.8) is 0 Å². The number of esters is 1. The maximum absolute atomic E-state index is 11.7. The second-order valence-corrected chi connectivity index (χ2v) is 6.66. The van der Waals surface area contributed by atoms with Gasteiger partial charge in [-0.15, -0.1) is 0 Å². The van der Waals surface area contributed by atoms with Crippen LogP contribution in [0.2, 0.25) is 0 Å². The predicted molar refractivity (Wildman–Crippen MR) is 77.4 cm³/mol. The summed E-state index contributed by atoms with van der Waals surface area (Å²) in [5, 5.41) is 3.24. The van der Waals surface area contributed by atoms with E-state index in [1.54, 1.807) is 0 Å². The van der Waals surface area contributed by atoms with Gasteiger partial charge < -0.3 is 19.5 Å². The molecule has 5 nitrogen and oxygen atoms in total. The molecule has 1 unspecified atom stereocenters. The Hall–Kier alpha value is -0.650. The van der Waals surface area contributed by atoms with Gasteiger partial charge in [0, 0.05) is 18.4 Å². The number of nitrogens with one attached hydrogen (secondary N) is 1. The monoisotopic (exact) mass is 287 g/mol. The van der Waals surface area contributed by atoms with E-state index in [-0.39, 0.29) is 23.7 Å². The van der Waals surface area contributed by atoms with Gasteiger partial charge >= 0.3 is 5.97 Å². The van der Waals surface area contributed by atoms with E-state index < -0.39 is 0 Å². The number of ether oxygens (including phenoxy) is 3. The zero-order chi connectivity index (χ0) is 15.2. The Balaban J connectivity index is 2.28. The van der Waals surface area contributed by atoms with Crippen LogP contribution in [0.1, 0.15) is 40.5 Å². The Morgan fingerprint density at radius 2 is 1.95 bits per heavy atom. The van der Waals surface area contributed by atoms with Crippen molar-refractivity contribution in [1.29, 1.82) is 0 Å². The highest BCUT2D eigenvalue weighted by Crippen LogP contribution is 2.23. The molecule has 1 aliphatic rings. The van der Waals surface area contributed by atoms with Crippen LogP contribution in [-0.4, -0.2) is 45.2 Å². The lowest BCUT2D eigenvalue weighted by molar-refractivity contribution is -0.223. The fraction of sp³-hybridized carbons (Fsp3) is 0.933. The van der Waals surface area contributed by atoms with E-state index in [2.05, 4.69) is 33.0 Å². The number of hydrogen-bond acceptors (Lipinski definition) is 5. The fourth-order valence-electron chi connectivity index (χ4n) is 2.15. The first-order chi connectivity index (χ1) is 9.34. The van der Waals surface area contributed by atoms with E-state index in [4.69, 9.17) is 14.2 Å². The van der Waals surface area contributed by atoms with Crippen LogP contribution in [0.5, 0.6) is 0 Å². The molecule has 1 fully saturated rings. The van der Waals surface area contributed by atoms with Crippen molar-refractivity contribution in [2.24, 2.45) is 11.3 Å². The standard InChI is InChI=1S/C15H29NO4/c1-11(2)8-12(14(17)18-5)16-7-6-13-19-9-15(3,4)10-20-13/h11-13,16H,6-10H2,1-5H3. The molecule has 0 spiro atoms. The summed E-state index contributed by atoms with van der Waals surface area (Å²) in [6.07, 6.45) is 1.33. The summed E-state index contributed by atoms with van der Waals surface area (Å²) in [5.41, 5.74) is 0.0934. The molecule has 1 aliphatic heterocycles. The molecule has 0 aromatic rings. The van der Waals surface area contributed by atoms with Crippen molar-refractivity contribution in [3.05, 3.63) is 0 Å². The zero-order valence-corrected chi connectivity index (χ0v) is 13.4. The van der Waals surface area contributed by atoms with E-state index in [1.165, 1.54) is 7.11 Å². The molecular formula is C15H29NO4. The summed E-state index contributed by atoms with van der Waals surface area (Å²) in [5.74, 6) is 0.236. The van der Waals surface area contributed by atoms with Gasteiger partial charge in [0.05, 0.1) is 20.3 Å². The number of hydrogen-bond donors (Lipinski definition) is 1. The summed E-state index contributed by atoms with van der Waals surface area (Å²) >= 11 is 0. The minimum Gasteiger partial charge on any atom is -0.468 e. The molecule has 1 saturated heterocycles. The smallest absolute Gasteiger partial charge is 0.322 e. The average molecular weight is 287 g/mol. The highest BCUT2D eigenvalue weighted by molar-refractivity contribution is 5.75. The van der Waals surface area contributed by atoms with Crippen molar-refractivity contribution in [1.82, 2.24) is 5.32 Å². The molecule has 118 valence electrons. The van der Waals surface area contributed by atoms with Crippen LogP contribution < -0.4 is 5.32 Å². The minimum absolute atomic E-state index is 0.0934. The quantitative estimate of drug-likeness (QED) is 0.725. The van der Waals surface area contributed by atoms with Crippen LogP contribution in [0.15, 0.2) is 0 Å². The largest absolute Gasteiger partial charge is 0.468 e. The highest BCUT2D eigenvalue weighted by Gasteiger charge is 2.28. The van der Waals surface area contributed by atoms with Gasteiger partial charge in [0.15, 0.2) is 6.29 Å². The van der Waals surface area contributed by atoms with Crippen molar-refractivity contribution in [3.8, 4) is 0 Å². The van der Waals surface area contributed by atoms with Crippen molar-refractivity contribution in [2.45, 2.75) is 52.9 Å². The second kappa shape index (κ2) is 7.96. The lowest BCUT2D eigenvalue weighted by Crippen LogP contribution is -2.42. The molecule has 0 aromatic heterocycles. The molecule has 0 bridgehead atoms. The molecule has 1 rings (SSSR count). The van der Waals surface area contributed by atoms with Crippen molar-refractivity contribution < 1.29 is 19.0 Å². The number of methoxy groups -OCH3 is 1. The van der Waals surface area contributed by atoms with Crippen LogP contribution in [0.4, 0.5) is 0 Å². The van der Waals surface area contributed by atoms with Gasteiger partial charge in [0.25, 0.3) is 0 Å². The molecule has 1 heterocycles. The Kier molecular flexibility index (Phi) is 6.92. The molecule has 1 N–H and O–H groups in total. The first-order valence-electron chi connectivity index (χ1n) is 7.38. The normalized spacial score (nSPS) is 20.9. The second-order valence-electron chi connectivity index (χ2n) is 6.66. The van der Waals surface area contributed by atoms with E-state index in [0.29, 0.717) is 25.7 Å². The van der Waals surface area contributed by atoms with Gasteiger partial charge in [0.2, 0.25) is 0 Å². The Bertz CT molecular complexity index is 294. The Morgan fingerprint density at radius 3 is 2.45 bits per heavy atom. The fourth-order valence-corrected chi connectivity index (χ4v) is 2.15. The van der Waals surface area contributed by atoms with E-state index in [1.807, 2.05) is 0 Å². The molecular weight excluding hydrogens is 258 g/mol. The molecule has 0 saturated carbocycles. The summed E-state index contributed by atoms with van der Waals surface area (Å²) in [6.45, 7) is 10.5. The first-order valence-corrected chi connectivity index (χ1v) is 7.38. The summed E-state index contributed by atoms with van der Waals surface area (Å²) in [6, 6.07) is -0.250. The van der Waals surface area contributed by atoms with Crippen LogP contribution in [0.25, 0.3) is 0 Å². The summed E-state index contributed by atoms with van der Waals surface area (Å²) in [4.78, 5) is 11.7. The maximum atomic E-state index is 11.7. The van der Waals surface area contributed by atoms with Gasteiger partial charge in [-0.2, -0.15) is 0 Å². The molecule has 20 heavy (non-hydrogen) atoms. The van der Waals surface area contributed by atoms with Gasteiger partial charge in [-0.1, -0.05) is 27.7 Å². The van der Waals surface area contributed by atoms with E-state index >= 15 is 0 Å². The third-order valence-electron chi connectivity index (χ3n) is 3.28.